The summed E-state index contributed by atoms with van der Waals surface area (Å²) in [5.74, 6) is 2.60. The molecule has 0 fully saturated rings. The Balaban J connectivity index is 0.00000387. The van der Waals surface area contributed by atoms with Crippen molar-refractivity contribution < 1.29 is 46.3 Å². The zero-order chi connectivity index (χ0) is 28.2. The predicted molar refractivity (Wildman–Crippen MR) is 154 cm³/mol. The van der Waals surface area contributed by atoms with E-state index in [0.717, 1.165) is 32.5 Å². The molecule has 0 unspecified atom stereocenters. The third-order valence-electron chi connectivity index (χ3n) is 6.56. The molecular weight excluding hydrogens is 566 g/mol. The number of fused-ring (bicyclic) bond motifs is 1. The van der Waals surface area contributed by atoms with Gasteiger partial charge in [0.15, 0.2) is 17.5 Å². The van der Waals surface area contributed by atoms with Gasteiger partial charge in [-0.05, 0) is 53.5 Å². The van der Waals surface area contributed by atoms with Crippen LogP contribution < -0.4 is 42.4 Å². The zero-order valence-corrected chi connectivity index (χ0v) is 24.6. The van der Waals surface area contributed by atoms with E-state index in [1.165, 1.54) is 11.5 Å². The number of halogens is 1. The molecule has 2 heterocycles. The molecule has 0 saturated heterocycles. The maximum Gasteiger partial charge on any atom is 0.283 e. The first-order chi connectivity index (χ1) is 19.4. The number of carbonyl (C=O) groups is 1. The van der Waals surface area contributed by atoms with Crippen LogP contribution in [-0.2, 0) is 11.2 Å². The van der Waals surface area contributed by atoms with E-state index in [2.05, 4.69) is 15.4 Å². The molecule has 1 atom stereocenters. The van der Waals surface area contributed by atoms with E-state index in [9.17, 15) is 4.79 Å². The maximum atomic E-state index is 13.2. The first-order valence-electron chi connectivity index (χ1n) is 12.5. The number of nitrogens with zero attached hydrogens (tertiary/aromatic N) is 1. The second kappa shape index (κ2) is 12.9. The van der Waals surface area contributed by atoms with E-state index >= 15 is 0 Å². The number of hydrogen-bond donors (Lipinski definition) is 2. The van der Waals surface area contributed by atoms with E-state index in [1.54, 1.807) is 34.6 Å². The second-order valence-corrected chi connectivity index (χ2v) is 9.84. The van der Waals surface area contributed by atoms with Crippen molar-refractivity contribution in [2.75, 3.05) is 33.8 Å². The number of nitrogens with one attached hydrogen (secondary N) is 1. The number of anilines is 1. The van der Waals surface area contributed by atoms with Crippen LogP contribution in [0.2, 0.25) is 0 Å². The number of furan rings is 1. The second-order valence-electron chi connectivity index (χ2n) is 9.04. The van der Waals surface area contributed by atoms with Crippen LogP contribution in [0.25, 0.3) is 32.5 Å². The van der Waals surface area contributed by atoms with Crippen molar-refractivity contribution >= 4 is 34.1 Å². The molecule has 0 radical (unpaired) electrons. The van der Waals surface area contributed by atoms with Crippen molar-refractivity contribution in [2.45, 2.75) is 12.5 Å². The summed E-state index contributed by atoms with van der Waals surface area (Å²) in [6.45, 7) is 0. The van der Waals surface area contributed by atoms with Crippen molar-refractivity contribution in [1.29, 1.82) is 0 Å². The number of methoxy groups -OCH3 is 4. The first-order valence-corrected chi connectivity index (χ1v) is 13.3. The molecule has 5 aromatic rings. The zero-order valence-electron chi connectivity index (χ0n) is 23.0. The largest absolute Gasteiger partial charge is 1.00 e. The average molecular weight is 596 g/mol. The van der Waals surface area contributed by atoms with E-state index in [4.69, 9.17) is 23.4 Å². The van der Waals surface area contributed by atoms with Gasteiger partial charge in [-0.15, -0.1) is 0 Å². The van der Waals surface area contributed by atoms with Gasteiger partial charge in [0.1, 0.15) is 17.1 Å². The highest BCUT2D eigenvalue weighted by Gasteiger charge is 2.23. The summed E-state index contributed by atoms with van der Waals surface area (Å²) < 4.78 is 32.4. The van der Waals surface area contributed by atoms with Crippen LogP contribution in [0.4, 0.5) is 5.69 Å². The lowest BCUT2D eigenvalue weighted by molar-refractivity contribution is -0.402. The minimum atomic E-state index is -0.577. The fourth-order valence-corrected chi connectivity index (χ4v) is 5.30. The van der Waals surface area contributed by atoms with E-state index in [-0.39, 0.29) is 18.3 Å². The summed E-state index contributed by atoms with van der Waals surface area (Å²) in [7, 11) is 6.29. The molecule has 1 amide bonds. The molecule has 0 aliphatic heterocycles. The lowest BCUT2D eigenvalue weighted by atomic mass is 10.0. The Kier molecular flexibility index (Phi) is 9.38. The summed E-state index contributed by atoms with van der Waals surface area (Å²) in [6.07, 6.45) is 2.16. The Bertz CT molecular complexity index is 1610. The summed E-state index contributed by atoms with van der Waals surface area (Å²) in [4.78, 5) is 14.1. The number of amides is 1. The monoisotopic (exact) mass is 595 g/mol. The number of carbonyl (C=O) groups excluding carboxylic acids is 1. The minimum absolute atomic E-state index is 0. The normalized spacial score (nSPS) is 11.4. The Morgan fingerprint density at radius 2 is 1.63 bits per heavy atom. The molecule has 2 aromatic heterocycles. The van der Waals surface area contributed by atoms with Crippen LogP contribution in [0.1, 0.15) is 5.76 Å². The Hall–Kier alpha value is -4.25. The number of hydrogen-bond acceptors (Lipinski definition) is 8. The molecule has 11 heteroatoms. The van der Waals surface area contributed by atoms with Crippen molar-refractivity contribution in [3.8, 4) is 44.6 Å². The number of rotatable bonds is 10. The van der Waals surface area contributed by atoms with Gasteiger partial charge in [-0.3, -0.25) is 4.79 Å². The van der Waals surface area contributed by atoms with Gasteiger partial charge in [0.05, 0.1) is 45.4 Å². The van der Waals surface area contributed by atoms with Crippen molar-refractivity contribution in [1.82, 2.24) is 4.37 Å². The standard InChI is InChI=1S/C30H29N3O6S.ClH/c1-35-25-10-9-17(21-16-32-40-29(21)19-13-26(36-2)28(38-4)27(14-19)37-3)12-23(25)33-30(34)22(31)15-20-11-18-7-5-6-8-24(18)39-20;/h5-14,16,22H,15,31H2,1-4H3,(H,33,34);1H/t22-;/m0./s1. The smallest absolute Gasteiger partial charge is 0.283 e. The highest BCUT2D eigenvalue weighted by atomic mass is 35.5. The fraction of sp³-hybridized carbons (Fsp3) is 0.200. The van der Waals surface area contributed by atoms with Gasteiger partial charge < -0.3 is 46.8 Å². The number of para-hydroxylation sites is 1. The summed E-state index contributed by atoms with van der Waals surface area (Å²) in [5, 5.41) is 3.98. The topological polar surface area (TPSA) is 120 Å². The SMILES string of the molecule is COc1ccc(-c2cnsc2-c2cc(OC)c(OC)c(OC)c2)cc1NC(=O)[C@@H]([NH3+])Cc1cc2ccccc2o1.[Cl-]. The van der Waals surface area contributed by atoms with E-state index < -0.39 is 6.04 Å². The molecule has 0 saturated carbocycles. The Labute approximate surface area is 247 Å². The van der Waals surface area contributed by atoms with Gasteiger partial charge in [0.25, 0.3) is 5.91 Å². The van der Waals surface area contributed by atoms with Crippen LogP contribution in [0, 0.1) is 0 Å². The molecule has 4 N–H and O–H groups in total. The predicted octanol–water partition coefficient (Wildman–Crippen LogP) is 2.05. The summed E-state index contributed by atoms with van der Waals surface area (Å²) >= 11 is 1.35. The van der Waals surface area contributed by atoms with Crippen LogP contribution in [0.3, 0.4) is 0 Å². The fourth-order valence-electron chi connectivity index (χ4n) is 4.55. The molecule has 3 aromatic carbocycles. The lowest BCUT2D eigenvalue weighted by Gasteiger charge is -2.15. The van der Waals surface area contributed by atoms with Crippen LogP contribution in [0.5, 0.6) is 23.0 Å². The molecule has 0 aliphatic carbocycles. The van der Waals surface area contributed by atoms with Crippen LogP contribution in [-0.4, -0.2) is 44.8 Å². The number of quaternary nitrogens is 1. The molecule has 0 spiro atoms. The maximum absolute atomic E-state index is 13.2. The molecule has 9 nitrogen and oxygen atoms in total. The third kappa shape index (κ3) is 6.09. The molecule has 0 aliphatic rings. The average Bonchev–Trinajstić information content (AvgIpc) is 3.63. The number of aromatic nitrogens is 1. The molecule has 214 valence electrons. The van der Waals surface area contributed by atoms with Crippen LogP contribution in [0.15, 0.2) is 71.3 Å². The summed E-state index contributed by atoms with van der Waals surface area (Å²) in [6, 6.07) is 18.5. The van der Waals surface area contributed by atoms with Crippen molar-refractivity contribution in [3.63, 3.8) is 0 Å². The number of benzene rings is 3. The number of ether oxygens (including phenoxy) is 4. The Morgan fingerprint density at radius 1 is 0.927 bits per heavy atom. The molecule has 0 bridgehead atoms. The highest BCUT2D eigenvalue weighted by molar-refractivity contribution is 7.10. The molecular formula is C30H30ClN3O6S. The van der Waals surface area contributed by atoms with Gasteiger partial charge >= 0.3 is 0 Å². The third-order valence-corrected chi connectivity index (χ3v) is 7.41. The quantitative estimate of drug-likeness (QED) is 0.254. The van der Waals surface area contributed by atoms with Gasteiger partial charge in [0.2, 0.25) is 5.75 Å². The van der Waals surface area contributed by atoms with Crippen molar-refractivity contribution in [2.24, 2.45) is 0 Å². The lowest BCUT2D eigenvalue weighted by Crippen LogP contribution is -3.00. The van der Waals surface area contributed by atoms with Crippen molar-refractivity contribution in [3.05, 3.63) is 72.6 Å². The van der Waals surface area contributed by atoms with Gasteiger partial charge in [-0.2, -0.15) is 4.37 Å². The van der Waals surface area contributed by atoms with E-state index in [1.807, 2.05) is 60.7 Å². The van der Waals surface area contributed by atoms with E-state index in [0.29, 0.717) is 40.9 Å². The van der Waals surface area contributed by atoms with Gasteiger partial charge in [-0.1, -0.05) is 24.3 Å². The molecule has 5 rings (SSSR count). The minimum Gasteiger partial charge on any atom is -1.00 e. The first kappa shape index (κ1) is 29.7. The molecule has 41 heavy (non-hydrogen) atoms. The van der Waals surface area contributed by atoms with Gasteiger partial charge in [0, 0.05) is 22.7 Å². The van der Waals surface area contributed by atoms with Gasteiger partial charge in [-0.25, -0.2) is 0 Å². The summed E-state index contributed by atoms with van der Waals surface area (Å²) in [5.41, 5.74) is 7.98. The highest BCUT2D eigenvalue weighted by Crippen LogP contribution is 2.45. The Morgan fingerprint density at radius 3 is 2.29 bits per heavy atom. The van der Waals surface area contributed by atoms with Crippen LogP contribution >= 0.6 is 11.5 Å².